The highest BCUT2D eigenvalue weighted by molar-refractivity contribution is 5.93. The molecule has 1 fully saturated rings. The third-order valence-electron chi connectivity index (χ3n) is 3.00. The standard InChI is InChI=1S/C14H21NO3/c1-6-7-11(16)14(5,10-8-9-10)15-12(17)18-13(2,3)4/h1,10H,7-9H2,2-5H3,(H,15,17). The quantitative estimate of drug-likeness (QED) is 0.780. The maximum atomic E-state index is 12.0. The summed E-state index contributed by atoms with van der Waals surface area (Å²) in [5.41, 5.74) is -1.47. The van der Waals surface area contributed by atoms with E-state index in [0.29, 0.717) is 0 Å². The Balaban J connectivity index is 2.72. The van der Waals surface area contributed by atoms with Gasteiger partial charge >= 0.3 is 6.09 Å². The number of alkyl carbamates (subject to hydrolysis) is 1. The highest BCUT2D eigenvalue weighted by Gasteiger charge is 2.48. The van der Waals surface area contributed by atoms with E-state index < -0.39 is 17.2 Å². The molecule has 1 unspecified atom stereocenters. The van der Waals surface area contributed by atoms with Gasteiger partial charge in [-0.25, -0.2) is 4.79 Å². The van der Waals surface area contributed by atoms with Gasteiger partial charge in [-0.05, 0) is 46.5 Å². The SMILES string of the molecule is C#CCC(=O)C(C)(NC(=O)OC(C)(C)C)C1CC1. The number of carbonyl (C=O) groups excluding carboxylic acids is 2. The van der Waals surface area contributed by atoms with E-state index in [2.05, 4.69) is 11.2 Å². The van der Waals surface area contributed by atoms with Gasteiger partial charge in [-0.3, -0.25) is 4.79 Å². The van der Waals surface area contributed by atoms with Crippen molar-refractivity contribution in [1.29, 1.82) is 0 Å². The zero-order chi connectivity index (χ0) is 14.0. The van der Waals surface area contributed by atoms with Gasteiger partial charge in [0, 0.05) is 0 Å². The lowest BCUT2D eigenvalue weighted by atomic mass is 9.89. The van der Waals surface area contributed by atoms with Crippen LogP contribution in [0.1, 0.15) is 47.0 Å². The van der Waals surface area contributed by atoms with Crippen LogP contribution in [0.15, 0.2) is 0 Å². The minimum atomic E-state index is -0.894. The Kier molecular flexibility index (Phi) is 4.05. The number of hydrogen-bond acceptors (Lipinski definition) is 3. The molecule has 1 atom stereocenters. The van der Waals surface area contributed by atoms with Crippen molar-refractivity contribution in [2.45, 2.75) is 58.1 Å². The fourth-order valence-electron chi connectivity index (χ4n) is 1.85. The maximum absolute atomic E-state index is 12.0. The summed E-state index contributed by atoms with van der Waals surface area (Å²) in [7, 11) is 0. The van der Waals surface area contributed by atoms with E-state index in [1.54, 1.807) is 27.7 Å². The summed E-state index contributed by atoms with van der Waals surface area (Å²) < 4.78 is 5.19. The van der Waals surface area contributed by atoms with Crippen molar-refractivity contribution >= 4 is 11.9 Å². The molecule has 18 heavy (non-hydrogen) atoms. The molecule has 0 aromatic heterocycles. The van der Waals surface area contributed by atoms with Crippen molar-refractivity contribution < 1.29 is 14.3 Å². The first kappa shape index (κ1) is 14.6. The number of rotatable bonds is 4. The third kappa shape index (κ3) is 3.76. The Bertz CT molecular complexity index is 385. The van der Waals surface area contributed by atoms with Crippen LogP contribution in [0.25, 0.3) is 0 Å². The third-order valence-corrected chi connectivity index (χ3v) is 3.00. The number of hydrogen-bond donors (Lipinski definition) is 1. The maximum Gasteiger partial charge on any atom is 0.408 e. The average molecular weight is 251 g/mol. The summed E-state index contributed by atoms with van der Waals surface area (Å²) in [6.45, 7) is 7.08. The summed E-state index contributed by atoms with van der Waals surface area (Å²) in [5, 5.41) is 2.69. The highest BCUT2D eigenvalue weighted by Crippen LogP contribution is 2.40. The highest BCUT2D eigenvalue weighted by atomic mass is 16.6. The first-order chi connectivity index (χ1) is 8.19. The summed E-state index contributed by atoms with van der Waals surface area (Å²) in [6, 6.07) is 0. The van der Waals surface area contributed by atoms with Gasteiger partial charge in [-0.2, -0.15) is 0 Å². The second-order valence-corrected chi connectivity index (χ2v) is 5.91. The molecule has 4 heteroatoms. The van der Waals surface area contributed by atoms with Crippen LogP contribution in [-0.2, 0) is 9.53 Å². The Morgan fingerprint density at radius 3 is 2.28 bits per heavy atom. The predicted molar refractivity (Wildman–Crippen MR) is 69.0 cm³/mol. The number of ether oxygens (including phenoxy) is 1. The number of terminal acetylenes is 1. The second-order valence-electron chi connectivity index (χ2n) is 5.91. The van der Waals surface area contributed by atoms with Crippen LogP contribution in [0.2, 0.25) is 0 Å². The number of Topliss-reactive ketones (excluding diaryl/α,β-unsaturated/α-hetero) is 1. The van der Waals surface area contributed by atoms with Gasteiger partial charge in [-0.1, -0.05) is 5.92 Å². The average Bonchev–Trinajstić information content (AvgIpc) is 2.97. The van der Waals surface area contributed by atoms with Gasteiger partial charge in [0.05, 0.1) is 6.42 Å². The van der Waals surface area contributed by atoms with Crippen molar-refractivity contribution in [3.05, 3.63) is 0 Å². The Morgan fingerprint density at radius 1 is 1.33 bits per heavy atom. The van der Waals surface area contributed by atoms with E-state index >= 15 is 0 Å². The van der Waals surface area contributed by atoms with Gasteiger partial charge in [0.15, 0.2) is 5.78 Å². The molecule has 0 aliphatic heterocycles. The molecule has 1 rings (SSSR count). The van der Waals surface area contributed by atoms with Crippen molar-refractivity contribution in [1.82, 2.24) is 5.32 Å². The molecule has 0 spiro atoms. The van der Waals surface area contributed by atoms with Crippen molar-refractivity contribution in [3.8, 4) is 12.3 Å². The molecule has 1 N–H and O–H groups in total. The number of ketones is 1. The van der Waals surface area contributed by atoms with Crippen LogP contribution in [0.3, 0.4) is 0 Å². The van der Waals surface area contributed by atoms with Crippen LogP contribution < -0.4 is 5.32 Å². The van der Waals surface area contributed by atoms with E-state index in [0.717, 1.165) is 12.8 Å². The van der Waals surface area contributed by atoms with E-state index in [1.807, 2.05) is 0 Å². The number of amides is 1. The lowest BCUT2D eigenvalue weighted by Crippen LogP contribution is -2.55. The minimum Gasteiger partial charge on any atom is -0.444 e. The van der Waals surface area contributed by atoms with Gasteiger partial charge in [-0.15, -0.1) is 6.42 Å². The van der Waals surface area contributed by atoms with Gasteiger partial charge < -0.3 is 10.1 Å². The van der Waals surface area contributed by atoms with Crippen molar-refractivity contribution in [2.24, 2.45) is 5.92 Å². The van der Waals surface area contributed by atoms with E-state index in [4.69, 9.17) is 11.2 Å². The molecule has 1 aliphatic rings. The summed E-state index contributed by atoms with van der Waals surface area (Å²) in [5.74, 6) is 2.38. The minimum absolute atomic E-state index is 0.0306. The fourth-order valence-corrected chi connectivity index (χ4v) is 1.85. The lowest BCUT2D eigenvalue weighted by molar-refractivity contribution is -0.124. The molecule has 0 bridgehead atoms. The molecule has 1 amide bonds. The van der Waals surface area contributed by atoms with Crippen LogP contribution in [0, 0.1) is 18.3 Å². The monoisotopic (exact) mass is 251 g/mol. The molecule has 0 aromatic rings. The number of carbonyl (C=O) groups is 2. The fraction of sp³-hybridized carbons (Fsp3) is 0.714. The van der Waals surface area contributed by atoms with Crippen molar-refractivity contribution in [3.63, 3.8) is 0 Å². The molecule has 4 nitrogen and oxygen atoms in total. The summed E-state index contributed by atoms with van der Waals surface area (Å²) in [4.78, 5) is 23.8. The predicted octanol–water partition coefficient (Wildman–Crippen LogP) is 2.27. The molecular formula is C14H21NO3. The van der Waals surface area contributed by atoms with E-state index in [1.165, 1.54) is 0 Å². The molecule has 0 radical (unpaired) electrons. The molecule has 1 aliphatic carbocycles. The Morgan fingerprint density at radius 2 is 1.89 bits per heavy atom. The second kappa shape index (κ2) is 5.01. The molecule has 1 saturated carbocycles. The summed E-state index contributed by atoms with van der Waals surface area (Å²) >= 11 is 0. The van der Waals surface area contributed by atoms with Crippen LogP contribution in [0.5, 0.6) is 0 Å². The topological polar surface area (TPSA) is 55.4 Å². The smallest absolute Gasteiger partial charge is 0.408 e. The summed E-state index contributed by atoms with van der Waals surface area (Å²) in [6.07, 6.45) is 6.49. The molecule has 0 saturated heterocycles. The molecular weight excluding hydrogens is 230 g/mol. The van der Waals surface area contributed by atoms with Crippen LogP contribution in [0.4, 0.5) is 4.79 Å². The number of nitrogens with one attached hydrogen (secondary N) is 1. The zero-order valence-electron chi connectivity index (χ0n) is 11.5. The van der Waals surface area contributed by atoms with Crippen molar-refractivity contribution in [2.75, 3.05) is 0 Å². The zero-order valence-corrected chi connectivity index (χ0v) is 11.5. The van der Waals surface area contributed by atoms with E-state index in [-0.39, 0.29) is 18.1 Å². The van der Waals surface area contributed by atoms with Crippen LogP contribution >= 0.6 is 0 Å². The Hall–Kier alpha value is -1.50. The first-order valence-corrected chi connectivity index (χ1v) is 6.17. The van der Waals surface area contributed by atoms with Gasteiger partial charge in [0.2, 0.25) is 0 Å². The largest absolute Gasteiger partial charge is 0.444 e. The Labute approximate surface area is 108 Å². The first-order valence-electron chi connectivity index (χ1n) is 6.17. The normalized spacial score (nSPS) is 18.4. The van der Waals surface area contributed by atoms with Gasteiger partial charge in [0.1, 0.15) is 11.1 Å². The van der Waals surface area contributed by atoms with Crippen LogP contribution in [-0.4, -0.2) is 23.0 Å². The lowest BCUT2D eigenvalue weighted by Gasteiger charge is -2.30. The van der Waals surface area contributed by atoms with E-state index in [9.17, 15) is 9.59 Å². The molecule has 0 heterocycles. The molecule has 0 aromatic carbocycles. The van der Waals surface area contributed by atoms with Gasteiger partial charge in [0.25, 0.3) is 0 Å². The molecule has 100 valence electrons.